The number of sulfonamides is 1. The number of benzene rings is 3. The van der Waals surface area contributed by atoms with E-state index in [1.54, 1.807) is 25.1 Å². The first-order valence-electron chi connectivity index (χ1n) is 12.9. The molecule has 0 spiro atoms. The number of hydrogen-bond donors (Lipinski definition) is 1. The van der Waals surface area contributed by atoms with Crippen molar-refractivity contribution < 1.29 is 22.9 Å². The zero-order valence-electron chi connectivity index (χ0n) is 23.0. The Kier molecular flexibility index (Phi) is 10.0. The summed E-state index contributed by atoms with van der Waals surface area (Å²) in [7, 11) is -4.31. The Labute approximate surface area is 234 Å². The van der Waals surface area contributed by atoms with Crippen LogP contribution in [0, 0.1) is 17.0 Å². The highest BCUT2D eigenvalue weighted by Gasteiger charge is 2.33. The first kappa shape index (κ1) is 30.3. The number of amides is 2. The van der Waals surface area contributed by atoms with Crippen LogP contribution >= 0.6 is 0 Å². The van der Waals surface area contributed by atoms with E-state index in [1.807, 2.05) is 45.0 Å². The van der Waals surface area contributed by atoms with Crippen LogP contribution in [0.2, 0.25) is 0 Å². The molecule has 2 atom stereocenters. The van der Waals surface area contributed by atoms with Gasteiger partial charge in [-0.3, -0.25) is 24.0 Å². The lowest BCUT2D eigenvalue weighted by Crippen LogP contribution is -2.52. The minimum absolute atomic E-state index is 0.0429. The van der Waals surface area contributed by atoms with Crippen LogP contribution in [0.25, 0.3) is 0 Å². The molecule has 1 N–H and O–H groups in total. The molecular formula is C29H34N4O6S. The summed E-state index contributed by atoms with van der Waals surface area (Å²) in [5.41, 5.74) is 1.37. The molecule has 0 aliphatic rings. The van der Waals surface area contributed by atoms with Crippen LogP contribution in [0.4, 0.5) is 11.4 Å². The summed E-state index contributed by atoms with van der Waals surface area (Å²) in [5.74, 6) is -1.01. The molecule has 212 valence electrons. The third kappa shape index (κ3) is 7.44. The van der Waals surface area contributed by atoms with Crippen LogP contribution in [0.3, 0.4) is 0 Å². The van der Waals surface area contributed by atoms with Crippen molar-refractivity contribution >= 4 is 33.2 Å². The lowest BCUT2D eigenvalue weighted by molar-refractivity contribution is -0.384. The van der Waals surface area contributed by atoms with Gasteiger partial charge in [0.05, 0.1) is 15.5 Å². The van der Waals surface area contributed by atoms with Gasteiger partial charge >= 0.3 is 0 Å². The van der Waals surface area contributed by atoms with E-state index in [4.69, 9.17) is 0 Å². The van der Waals surface area contributed by atoms with Crippen molar-refractivity contribution in [2.75, 3.05) is 10.8 Å². The Morgan fingerprint density at radius 1 is 0.975 bits per heavy atom. The number of nitro groups is 1. The van der Waals surface area contributed by atoms with Crippen molar-refractivity contribution in [2.45, 2.75) is 57.6 Å². The maximum absolute atomic E-state index is 13.9. The van der Waals surface area contributed by atoms with Crippen molar-refractivity contribution in [3.05, 3.63) is 100 Å². The molecule has 0 aliphatic heterocycles. The fraction of sp³-hybridized carbons (Fsp3) is 0.310. The zero-order chi connectivity index (χ0) is 29.4. The second-order valence-electron chi connectivity index (χ2n) is 9.61. The van der Waals surface area contributed by atoms with E-state index in [1.165, 1.54) is 35.2 Å². The van der Waals surface area contributed by atoms with Crippen molar-refractivity contribution in [1.29, 1.82) is 0 Å². The third-order valence-corrected chi connectivity index (χ3v) is 8.33. The largest absolute Gasteiger partial charge is 0.352 e. The quantitative estimate of drug-likeness (QED) is 0.255. The molecule has 0 saturated carbocycles. The van der Waals surface area contributed by atoms with Crippen molar-refractivity contribution in [3.8, 4) is 0 Å². The van der Waals surface area contributed by atoms with Gasteiger partial charge in [-0.15, -0.1) is 0 Å². The summed E-state index contributed by atoms with van der Waals surface area (Å²) in [6.07, 6.45) is 0.695. The Morgan fingerprint density at radius 3 is 2.27 bits per heavy atom. The Morgan fingerprint density at radius 2 is 1.65 bits per heavy atom. The van der Waals surface area contributed by atoms with E-state index in [2.05, 4.69) is 5.32 Å². The standard InChI is InChI=1S/C29H34N4O6S/c1-5-22(3)30-29(35)23(4)31(19-24-12-9-11-21(2)17-24)28(34)20-32(25-13-10-14-26(18-25)33(36)37)40(38,39)27-15-7-6-8-16-27/h6-18,22-23H,5,19-20H2,1-4H3,(H,30,35)/t22-,23+/m0/s1. The van der Waals surface area contributed by atoms with Crippen LogP contribution in [0.15, 0.2) is 83.8 Å². The predicted molar refractivity (Wildman–Crippen MR) is 153 cm³/mol. The highest BCUT2D eigenvalue weighted by atomic mass is 32.2. The second-order valence-corrected chi connectivity index (χ2v) is 11.5. The summed E-state index contributed by atoms with van der Waals surface area (Å²) in [6, 6.07) is 19.0. The molecule has 10 nitrogen and oxygen atoms in total. The number of nitrogens with one attached hydrogen (secondary N) is 1. The van der Waals surface area contributed by atoms with Gasteiger partial charge in [0, 0.05) is 24.7 Å². The van der Waals surface area contributed by atoms with Crippen molar-refractivity contribution in [1.82, 2.24) is 10.2 Å². The van der Waals surface area contributed by atoms with E-state index < -0.39 is 33.4 Å². The van der Waals surface area contributed by atoms with Gasteiger partial charge in [0.25, 0.3) is 15.7 Å². The van der Waals surface area contributed by atoms with E-state index in [0.29, 0.717) is 6.42 Å². The molecule has 0 fully saturated rings. The number of carbonyl (C=O) groups excluding carboxylic acids is 2. The average Bonchev–Trinajstić information content (AvgIpc) is 2.94. The number of non-ortho nitro benzene ring substituents is 1. The highest BCUT2D eigenvalue weighted by Crippen LogP contribution is 2.27. The molecule has 0 saturated heterocycles. The molecule has 0 aromatic heterocycles. The molecule has 0 unspecified atom stereocenters. The van der Waals surface area contributed by atoms with Gasteiger partial charge in [0.2, 0.25) is 11.8 Å². The molecular weight excluding hydrogens is 532 g/mol. The fourth-order valence-electron chi connectivity index (χ4n) is 4.07. The number of nitro benzene ring substituents is 1. The summed E-state index contributed by atoms with van der Waals surface area (Å²) in [5, 5.41) is 14.3. The van der Waals surface area contributed by atoms with E-state index >= 15 is 0 Å². The minimum atomic E-state index is -4.31. The summed E-state index contributed by atoms with van der Waals surface area (Å²) < 4.78 is 28.4. The van der Waals surface area contributed by atoms with Crippen molar-refractivity contribution in [3.63, 3.8) is 0 Å². The fourth-order valence-corrected chi connectivity index (χ4v) is 5.49. The number of rotatable bonds is 12. The maximum Gasteiger partial charge on any atom is 0.271 e. The van der Waals surface area contributed by atoms with Crippen LogP contribution in [0.1, 0.15) is 38.3 Å². The number of nitrogens with zero attached hydrogens (tertiary/aromatic N) is 3. The lowest BCUT2D eigenvalue weighted by Gasteiger charge is -2.32. The smallest absolute Gasteiger partial charge is 0.271 e. The topological polar surface area (TPSA) is 130 Å². The Balaban J connectivity index is 2.06. The molecule has 3 aromatic rings. The van der Waals surface area contributed by atoms with Gasteiger partial charge in [0.15, 0.2) is 0 Å². The van der Waals surface area contributed by atoms with Crippen LogP contribution < -0.4 is 9.62 Å². The summed E-state index contributed by atoms with van der Waals surface area (Å²) in [4.78, 5) is 39.1. The molecule has 3 rings (SSSR count). The minimum Gasteiger partial charge on any atom is -0.352 e. The molecule has 0 heterocycles. The molecule has 0 bridgehead atoms. The third-order valence-electron chi connectivity index (χ3n) is 6.54. The number of aryl methyl sites for hydroxylation is 1. The maximum atomic E-state index is 13.9. The normalized spacial score (nSPS) is 12.7. The van der Waals surface area contributed by atoms with Gasteiger partial charge in [-0.05, 0) is 51.0 Å². The highest BCUT2D eigenvalue weighted by molar-refractivity contribution is 7.92. The summed E-state index contributed by atoms with van der Waals surface area (Å²) >= 11 is 0. The van der Waals surface area contributed by atoms with E-state index in [9.17, 15) is 28.1 Å². The SMILES string of the molecule is CC[C@H](C)NC(=O)[C@@H](C)N(Cc1cccc(C)c1)C(=O)CN(c1cccc([N+](=O)[O-])c1)S(=O)(=O)c1ccccc1. The number of anilines is 1. The molecule has 0 radical (unpaired) electrons. The Hall–Kier alpha value is -4.25. The van der Waals surface area contributed by atoms with Crippen LogP contribution in [-0.4, -0.2) is 48.7 Å². The molecule has 40 heavy (non-hydrogen) atoms. The zero-order valence-corrected chi connectivity index (χ0v) is 23.8. The lowest BCUT2D eigenvalue weighted by atomic mass is 10.1. The van der Waals surface area contributed by atoms with Gasteiger partial charge < -0.3 is 10.2 Å². The Bertz CT molecular complexity index is 1460. The number of hydrogen-bond acceptors (Lipinski definition) is 6. The molecule has 0 aliphatic carbocycles. The van der Waals surface area contributed by atoms with Crippen LogP contribution in [0.5, 0.6) is 0 Å². The van der Waals surface area contributed by atoms with E-state index in [0.717, 1.165) is 21.5 Å². The van der Waals surface area contributed by atoms with Gasteiger partial charge in [-0.2, -0.15) is 0 Å². The van der Waals surface area contributed by atoms with Gasteiger partial charge in [0.1, 0.15) is 12.6 Å². The molecule has 2 amide bonds. The first-order valence-corrected chi connectivity index (χ1v) is 14.4. The number of carbonyl (C=O) groups is 2. The predicted octanol–water partition coefficient (Wildman–Crippen LogP) is 4.43. The monoisotopic (exact) mass is 566 g/mol. The van der Waals surface area contributed by atoms with Gasteiger partial charge in [-0.25, -0.2) is 8.42 Å². The van der Waals surface area contributed by atoms with Gasteiger partial charge in [-0.1, -0.05) is 61.0 Å². The summed E-state index contributed by atoms with van der Waals surface area (Å²) in [6.45, 7) is 6.67. The molecule has 3 aromatic carbocycles. The molecule has 11 heteroatoms. The second kappa shape index (κ2) is 13.2. The first-order chi connectivity index (χ1) is 18.9. The van der Waals surface area contributed by atoms with E-state index in [-0.39, 0.29) is 34.8 Å². The van der Waals surface area contributed by atoms with Crippen LogP contribution in [-0.2, 0) is 26.2 Å². The average molecular weight is 567 g/mol. The van der Waals surface area contributed by atoms with Crippen molar-refractivity contribution in [2.24, 2.45) is 0 Å².